The van der Waals surface area contributed by atoms with E-state index in [1.165, 1.54) is 0 Å². The molecule has 0 aliphatic rings. The summed E-state index contributed by atoms with van der Waals surface area (Å²) in [7, 11) is 1.05. The minimum absolute atomic E-state index is 0.201. The van der Waals surface area contributed by atoms with Crippen LogP contribution in [0.1, 0.15) is 20.7 Å². The monoisotopic (exact) mass is 255 g/mol. The summed E-state index contributed by atoms with van der Waals surface area (Å²) in [5.41, 5.74) is 0.383. The Labute approximate surface area is 100 Å². The molecule has 1 aromatic rings. The molecule has 0 heterocycles. The number of ether oxygens (including phenoxy) is 1. The van der Waals surface area contributed by atoms with Crippen LogP contribution in [-0.4, -0.2) is 29.1 Å². The number of non-ortho nitro benzene ring substituents is 1. The molecule has 96 valence electrons. The summed E-state index contributed by atoms with van der Waals surface area (Å²) in [6.45, 7) is 0. The quantitative estimate of drug-likeness (QED) is 0.302. The summed E-state index contributed by atoms with van der Waals surface area (Å²) >= 11 is 0. The molecule has 0 saturated heterocycles. The van der Waals surface area contributed by atoms with E-state index in [0.29, 0.717) is 0 Å². The zero-order valence-corrected chi connectivity index (χ0v) is 9.17. The zero-order chi connectivity index (χ0) is 13.9. The lowest BCUT2D eigenvalue weighted by Crippen LogP contribution is -2.17. The number of nitrogens with zero attached hydrogens (tertiary/aromatic N) is 1. The van der Waals surface area contributed by atoms with Gasteiger partial charge in [-0.1, -0.05) is 0 Å². The van der Waals surface area contributed by atoms with Gasteiger partial charge in [-0.25, -0.2) is 9.59 Å². The lowest BCUT2D eigenvalue weighted by atomic mass is 10.0. The minimum Gasteiger partial charge on any atom is -0.478 e. The van der Waals surface area contributed by atoms with Crippen LogP contribution in [0.5, 0.6) is 0 Å². The van der Waals surface area contributed by atoms with Crippen molar-refractivity contribution in [2.45, 2.75) is 0 Å². The SMILES string of the molecule is COC(=O)c1c(NN)cc([N+](=O)[O-])cc1C(=O)O. The van der Waals surface area contributed by atoms with Crippen molar-refractivity contribution in [2.24, 2.45) is 5.84 Å². The van der Waals surface area contributed by atoms with E-state index in [2.05, 4.69) is 4.74 Å². The maximum Gasteiger partial charge on any atom is 0.340 e. The Morgan fingerprint density at radius 3 is 2.50 bits per heavy atom. The molecule has 0 aliphatic heterocycles. The van der Waals surface area contributed by atoms with Gasteiger partial charge in [-0.3, -0.25) is 16.0 Å². The molecule has 0 unspecified atom stereocenters. The third-order valence-corrected chi connectivity index (χ3v) is 2.11. The zero-order valence-electron chi connectivity index (χ0n) is 9.17. The first-order valence-corrected chi connectivity index (χ1v) is 4.53. The van der Waals surface area contributed by atoms with Crippen LogP contribution in [0.25, 0.3) is 0 Å². The van der Waals surface area contributed by atoms with Crippen LogP contribution in [0, 0.1) is 10.1 Å². The first-order valence-electron chi connectivity index (χ1n) is 4.53. The number of methoxy groups -OCH3 is 1. The highest BCUT2D eigenvalue weighted by molar-refractivity contribution is 6.07. The van der Waals surface area contributed by atoms with Crippen molar-refractivity contribution in [3.05, 3.63) is 33.4 Å². The number of benzene rings is 1. The number of carbonyl (C=O) groups is 2. The van der Waals surface area contributed by atoms with Gasteiger partial charge >= 0.3 is 11.9 Å². The highest BCUT2D eigenvalue weighted by Gasteiger charge is 2.25. The first kappa shape index (κ1) is 13.4. The maximum absolute atomic E-state index is 11.4. The molecule has 0 radical (unpaired) electrons. The molecule has 18 heavy (non-hydrogen) atoms. The smallest absolute Gasteiger partial charge is 0.340 e. The number of esters is 1. The van der Waals surface area contributed by atoms with Gasteiger partial charge in [0.05, 0.1) is 28.8 Å². The molecule has 0 aliphatic carbocycles. The highest BCUT2D eigenvalue weighted by atomic mass is 16.6. The van der Waals surface area contributed by atoms with Gasteiger partial charge in [0.15, 0.2) is 0 Å². The molecule has 0 spiro atoms. The standard InChI is InChI=1S/C9H9N3O6/c1-18-9(15)7-5(8(13)14)2-4(12(16)17)3-6(7)11-10/h2-3,11H,10H2,1H3,(H,13,14). The number of carboxylic acid groups (broad SMARTS) is 1. The fourth-order valence-corrected chi connectivity index (χ4v) is 1.34. The van der Waals surface area contributed by atoms with E-state index in [-0.39, 0.29) is 11.3 Å². The number of rotatable bonds is 4. The van der Waals surface area contributed by atoms with Crippen LogP contribution in [0.4, 0.5) is 11.4 Å². The van der Waals surface area contributed by atoms with Crippen molar-refractivity contribution in [2.75, 3.05) is 12.5 Å². The number of nitrogens with two attached hydrogens (primary N) is 1. The van der Waals surface area contributed by atoms with E-state index in [4.69, 9.17) is 10.9 Å². The summed E-state index contributed by atoms with van der Waals surface area (Å²) in [6.07, 6.45) is 0. The number of hydrogen-bond acceptors (Lipinski definition) is 7. The average molecular weight is 255 g/mol. The predicted octanol–water partition coefficient (Wildman–Crippen LogP) is 0.365. The van der Waals surface area contributed by atoms with Gasteiger partial charge in [0.25, 0.3) is 5.69 Å². The average Bonchev–Trinajstić information content (AvgIpc) is 2.35. The summed E-state index contributed by atoms with van der Waals surface area (Å²) in [5, 5.41) is 19.6. The molecule has 9 heteroatoms. The van der Waals surface area contributed by atoms with Crippen molar-refractivity contribution >= 4 is 23.3 Å². The lowest BCUT2D eigenvalue weighted by molar-refractivity contribution is -0.384. The van der Waals surface area contributed by atoms with Gasteiger partial charge in [0.1, 0.15) is 0 Å². The fraction of sp³-hybridized carbons (Fsp3) is 0.111. The third kappa shape index (κ3) is 2.35. The van der Waals surface area contributed by atoms with Crippen LogP contribution in [-0.2, 0) is 4.74 Å². The summed E-state index contributed by atoms with van der Waals surface area (Å²) < 4.78 is 4.40. The fourth-order valence-electron chi connectivity index (χ4n) is 1.34. The molecular weight excluding hydrogens is 246 g/mol. The van der Waals surface area contributed by atoms with Gasteiger partial charge in [0, 0.05) is 12.1 Å². The molecule has 9 nitrogen and oxygen atoms in total. The summed E-state index contributed by atoms with van der Waals surface area (Å²) in [5.74, 6) is 2.64. The number of nitrogen functional groups attached to an aromatic ring is 1. The number of anilines is 1. The van der Waals surface area contributed by atoms with Gasteiger partial charge < -0.3 is 15.3 Å². The van der Waals surface area contributed by atoms with E-state index in [9.17, 15) is 19.7 Å². The highest BCUT2D eigenvalue weighted by Crippen LogP contribution is 2.27. The number of nitrogens with one attached hydrogen (secondary N) is 1. The van der Waals surface area contributed by atoms with Crippen LogP contribution in [0.15, 0.2) is 12.1 Å². The topological polar surface area (TPSA) is 145 Å². The van der Waals surface area contributed by atoms with Crippen molar-refractivity contribution in [3.8, 4) is 0 Å². The van der Waals surface area contributed by atoms with E-state index in [1.807, 2.05) is 5.43 Å². The Morgan fingerprint density at radius 1 is 1.50 bits per heavy atom. The normalized spacial score (nSPS) is 9.67. The van der Waals surface area contributed by atoms with Crippen molar-refractivity contribution in [1.29, 1.82) is 0 Å². The first-order chi connectivity index (χ1) is 8.42. The van der Waals surface area contributed by atoms with Gasteiger partial charge in [-0.15, -0.1) is 0 Å². The largest absolute Gasteiger partial charge is 0.478 e. The molecule has 4 N–H and O–H groups in total. The van der Waals surface area contributed by atoms with Crippen LogP contribution in [0.2, 0.25) is 0 Å². The number of aromatic carboxylic acids is 1. The second kappa shape index (κ2) is 5.10. The number of hydrogen-bond donors (Lipinski definition) is 3. The molecule has 0 amide bonds. The predicted molar refractivity (Wildman–Crippen MR) is 59.2 cm³/mol. The molecule has 0 atom stereocenters. The Morgan fingerprint density at radius 2 is 2.11 bits per heavy atom. The number of nitro benzene ring substituents is 1. The van der Waals surface area contributed by atoms with E-state index in [1.54, 1.807) is 0 Å². The number of hydrazine groups is 1. The number of carboxylic acids is 1. The Kier molecular flexibility index (Phi) is 3.79. The minimum atomic E-state index is -1.50. The summed E-state index contributed by atoms with van der Waals surface area (Å²) in [4.78, 5) is 32.3. The molecule has 1 aromatic carbocycles. The van der Waals surface area contributed by atoms with Crippen LogP contribution >= 0.6 is 0 Å². The van der Waals surface area contributed by atoms with Gasteiger partial charge in [0.2, 0.25) is 0 Å². The molecule has 0 fully saturated rings. The molecular formula is C9H9N3O6. The Balaban J connectivity index is 3.61. The molecule has 0 saturated carbocycles. The van der Waals surface area contributed by atoms with E-state index in [0.717, 1.165) is 19.2 Å². The summed E-state index contributed by atoms with van der Waals surface area (Å²) in [6, 6.07) is 1.70. The van der Waals surface area contributed by atoms with E-state index >= 15 is 0 Å². The molecule has 0 aromatic heterocycles. The third-order valence-electron chi connectivity index (χ3n) is 2.11. The number of nitro groups is 1. The Hall–Kier alpha value is -2.68. The Bertz CT molecular complexity index is 527. The maximum atomic E-state index is 11.4. The van der Waals surface area contributed by atoms with Gasteiger partial charge in [-0.05, 0) is 0 Å². The van der Waals surface area contributed by atoms with Crippen molar-refractivity contribution < 1.29 is 24.4 Å². The van der Waals surface area contributed by atoms with Crippen LogP contribution in [0.3, 0.4) is 0 Å². The second-order valence-electron chi connectivity index (χ2n) is 3.11. The molecule has 1 rings (SSSR count). The molecule has 0 bridgehead atoms. The van der Waals surface area contributed by atoms with Crippen molar-refractivity contribution in [1.82, 2.24) is 0 Å². The van der Waals surface area contributed by atoms with Crippen LogP contribution < -0.4 is 11.3 Å². The van der Waals surface area contributed by atoms with Crippen molar-refractivity contribution in [3.63, 3.8) is 0 Å². The lowest BCUT2D eigenvalue weighted by Gasteiger charge is -2.10. The van der Waals surface area contributed by atoms with E-state index < -0.39 is 28.1 Å². The van der Waals surface area contributed by atoms with Gasteiger partial charge in [-0.2, -0.15) is 0 Å². The second-order valence-corrected chi connectivity index (χ2v) is 3.11. The number of carbonyl (C=O) groups excluding carboxylic acids is 1.